The average molecular weight is 335 g/mol. The first-order chi connectivity index (χ1) is 11.8. The summed E-state index contributed by atoms with van der Waals surface area (Å²) in [5, 5.41) is 0. The molecule has 0 saturated carbocycles. The molecule has 132 valence electrons. The van der Waals surface area contributed by atoms with Crippen LogP contribution >= 0.6 is 0 Å². The third kappa shape index (κ3) is 8.75. The lowest BCUT2D eigenvalue weighted by Crippen LogP contribution is -1.84. The van der Waals surface area contributed by atoms with Gasteiger partial charge < -0.3 is 0 Å². The molecule has 0 aliphatic carbocycles. The minimum absolute atomic E-state index is 0.829. The van der Waals surface area contributed by atoms with Crippen molar-refractivity contribution in [2.24, 2.45) is 0 Å². The van der Waals surface area contributed by atoms with Crippen molar-refractivity contribution in [2.75, 3.05) is 0 Å². The van der Waals surface area contributed by atoms with Gasteiger partial charge in [0.05, 0.1) is 0 Å². The Balaban J connectivity index is 0.000000188. The van der Waals surface area contributed by atoms with Crippen molar-refractivity contribution < 1.29 is 0 Å². The third-order valence-corrected chi connectivity index (χ3v) is 3.63. The van der Waals surface area contributed by atoms with Gasteiger partial charge in [-0.3, -0.25) is 4.98 Å². The van der Waals surface area contributed by atoms with Crippen LogP contribution in [0.4, 0.5) is 0 Å². The highest BCUT2D eigenvalue weighted by molar-refractivity contribution is 5.28. The Morgan fingerprint density at radius 1 is 0.520 bits per heavy atom. The van der Waals surface area contributed by atoms with Crippen LogP contribution in [-0.4, -0.2) is 15.0 Å². The molecule has 3 rings (SSSR count). The second-order valence-corrected chi connectivity index (χ2v) is 6.37. The first kappa shape index (κ1) is 20.5. The highest BCUT2D eigenvalue weighted by Crippen LogP contribution is 2.07. The van der Waals surface area contributed by atoms with Crippen LogP contribution in [0.3, 0.4) is 0 Å². The predicted molar refractivity (Wildman–Crippen MR) is 106 cm³/mol. The van der Waals surface area contributed by atoms with E-state index in [1.807, 2.05) is 52.4 Å². The minimum Gasteiger partial charge on any atom is -0.261 e. The number of aromatic nitrogens is 3. The van der Waals surface area contributed by atoms with Gasteiger partial charge in [0, 0.05) is 24.3 Å². The molecular weight excluding hydrogens is 306 g/mol. The monoisotopic (exact) mass is 335 g/mol. The van der Waals surface area contributed by atoms with Crippen molar-refractivity contribution in [2.45, 2.75) is 48.5 Å². The lowest BCUT2D eigenvalue weighted by molar-refractivity contribution is 1.03. The van der Waals surface area contributed by atoms with E-state index in [0.29, 0.717) is 0 Å². The Bertz CT molecular complexity index is 675. The smallest absolute Gasteiger partial charge is 0.125 e. The molecule has 3 aromatic rings. The fourth-order valence-electron chi connectivity index (χ4n) is 1.89. The van der Waals surface area contributed by atoms with Crippen molar-refractivity contribution >= 4 is 0 Å². The van der Waals surface area contributed by atoms with Crippen molar-refractivity contribution in [1.29, 1.82) is 0 Å². The second kappa shape index (κ2) is 10.3. The van der Waals surface area contributed by atoms with E-state index in [-0.39, 0.29) is 0 Å². The Labute approximate surface area is 152 Å². The van der Waals surface area contributed by atoms with Crippen molar-refractivity contribution in [3.8, 4) is 0 Å². The first-order valence-electron chi connectivity index (χ1n) is 8.46. The fourth-order valence-corrected chi connectivity index (χ4v) is 1.89. The second-order valence-electron chi connectivity index (χ2n) is 6.37. The SMILES string of the molecule is Cc1ccc(C)c(C)c1.Cc1ccc(C)nc1.Cc1cnc(C)nc1. The van der Waals surface area contributed by atoms with Crippen LogP contribution in [0.1, 0.15) is 39.3 Å². The molecule has 0 saturated heterocycles. The molecule has 0 unspecified atom stereocenters. The molecule has 3 heteroatoms. The summed E-state index contributed by atoms with van der Waals surface area (Å²) in [7, 11) is 0. The van der Waals surface area contributed by atoms with Gasteiger partial charge in [-0.15, -0.1) is 0 Å². The lowest BCUT2D eigenvalue weighted by Gasteiger charge is -1.98. The van der Waals surface area contributed by atoms with Gasteiger partial charge in [-0.1, -0.05) is 29.8 Å². The molecule has 2 heterocycles. The molecule has 0 radical (unpaired) electrons. The van der Waals surface area contributed by atoms with E-state index in [2.05, 4.69) is 60.0 Å². The van der Waals surface area contributed by atoms with Gasteiger partial charge in [0.25, 0.3) is 0 Å². The van der Waals surface area contributed by atoms with Crippen LogP contribution in [-0.2, 0) is 0 Å². The number of hydrogen-bond acceptors (Lipinski definition) is 3. The third-order valence-electron chi connectivity index (χ3n) is 3.63. The van der Waals surface area contributed by atoms with Crippen LogP contribution in [0.25, 0.3) is 0 Å². The lowest BCUT2D eigenvalue weighted by atomic mass is 10.1. The van der Waals surface area contributed by atoms with Crippen LogP contribution in [0, 0.1) is 48.5 Å². The average Bonchev–Trinajstić information content (AvgIpc) is 2.58. The van der Waals surface area contributed by atoms with E-state index in [9.17, 15) is 0 Å². The van der Waals surface area contributed by atoms with E-state index in [4.69, 9.17) is 0 Å². The summed E-state index contributed by atoms with van der Waals surface area (Å²) >= 11 is 0. The summed E-state index contributed by atoms with van der Waals surface area (Å²) in [6, 6.07) is 10.6. The summed E-state index contributed by atoms with van der Waals surface area (Å²) in [6.07, 6.45) is 5.49. The standard InChI is InChI=1S/C9H12.C7H9N.C6H8N2/c1-7-4-5-8(2)9(3)6-7;1-6-3-4-7(2)8-5-6;1-5-3-7-6(2)8-4-5/h4-6H,1-3H3;3-5H,1-2H3;3-4H,1-2H3. The van der Waals surface area contributed by atoms with E-state index < -0.39 is 0 Å². The topological polar surface area (TPSA) is 38.7 Å². The number of hydrogen-bond donors (Lipinski definition) is 0. The Morgan fingerprint density at radius 2 is 1.08 bits per heavy atom. The molecule has 0 aliphatic heterocycles. The van der Waals surface area contributed by atoms with Gasteiger partial charge in [-0.05, 0) is 76.8 Å². The molecule has 2 aromatic heterocycles. The zero-order chi connectivity index (χ0) is 18.8. The molecule has 0 amide bonds. The van der Waals surface area contributed by atoms with Crippen LogP contribution in [0.5, 0.6) is 0 Å². The molecule has 0 fully saturated rings. The maximum atomic E-state index is 4.08. The van der Waals surface area contributed by atoms with Crippen molar-refractivity contribution in [3.05, 3.63) is 88.3 Å². The number of rotatable bonds is 0. The molecule has 0 N–H and O–H groups in total. The normalized spacial score (nSPS) is 9.40. The molecule has 0 aliphatic rings. The van der Waals surface area contributed by atoms with Gasteiger partial charge in [0.15, 0.2) is 0 Å². The maximum absolute atomic E-state index is 4.08. The van der Waals surface area contributed by atoms with Gasteiger partial charge in [0.2, 0.25) is 0 Å². The molecule has 0 spiro atoms. The van der Waals surface area contributed by atoms with Crippen LogP contribution in [0.15, 0.2) is 48.9 Å². The maximum Gasteiger partial charge on any atom is 0.125 e. The summed E-state index contributed by atoms with van der Waals surface area (Å²) in [6.45, 7) is 14.3. The predicted octanol–water partition coefficient (Wildman–Crippen LogP) is 5.40. The summed E-state index contributed by atoms with van der Waals surface area (Å²) in [4.78, 5) is 12.0. The quantitative estimate of drug-likeness (QED) is 0.552. The largest absolute Gasteiger partial charge is 0.261 e. The van der Waals surface area contributed by atoms with E-state index in [1.54, 1.807) is 0 Å². The number of aryl methyl sites for hydroxylation is 7. The van der Waals surface area contributed by atoms with E-state index in [0.717, 1.165) is 17.1 Å². The fraction of sp³-hybridized carbons (Fsp3) is 0.318. The van der Waals surface area contributed by atoms with Crippen LogP contribution < -0.4 is 0 Å². The molecule has 0 atom stereocenters. The van der Waals surface area contributed by atoms with Crippen LogP contribution in [0.2, 0.25) is 0 Å². The Hall–Kier alpha value is -2.55. The van der Waals surface area contributed by atoms with E-state index in [1.165, 1.54) is 22.3 Å². The van der Waals surface area contributed by atoms with Gasteiger partial charge in [-0.2, -0.15) is 0 Å². The Kier molecular flexibility index (Phi) is 8.48. The number of benzene rings is 1. The summed E-state index contributed by atoms with van der Waals surface area (Å²) in [5.41, 5.74) is 7.51. The molecular formula is C22H29N3. The van der Waals surface area contributed by atoms with Crippen molar-refractivity contribution in [3.63, 3.8) is 0 Å². The zero-order valence-electron chi connectivity index (χ0n) is 16.5. The minimum atomic E-state index is 0.829. The van der Waals surface area contributed by atoms with Gasteiger partial charge in [0.1, 0.15) is 5.82 Å². The first-order valence-corrected chi connectivity index (χ1v) is 8.46. The highest BCUT2D eigenvalue weighted by Gasteiger charge is 1.89. The summed E-state index contributed by atoms with van der Waals surface area (Å²) < 4.78 is 0. The molecule has 3 nitrogen and oxygen atoms in total. The molecule has 0 bridgehead atoms. The Morgan fingerprint density at radius 3 is 1.48 bits per heavy atom. The summed E-state index contributed by atoms with van der Waals surface area (Å²) in [5.74, 6) is 0.829. The zero-order valence-corrected chi connectivity index (χ0v) is 16.5. The van der Waals surface area contributed by atoms with E-state index >= 15 is 0 Å². The van der Waals surface area contributed by atoms with Gasteiger partial charge >= 0.3 is 0 Å². The number of pyridine rings is 1. The molecule has 1 aromatic carbocycles. The van der Waals surface area contributed by atoms with Gasteiger partial charge in [-0.25, -0.2) is 9.97 Å². The van der Waals surface area contributed by atoms with Crippen molar-refractivity contribution in [1.82, 2.24) is 15.0 Å². The highest BCUT2D eigenvalue weighted by atomic mass is 14.8. The molecule has 25 heavy (non-hydrogen) atoms. The number of nitrogens with zero attached hydrogens (tertiary/aromatic N) is 3.